The summed E-state index contributed by atoms with van der Waals surface area (Å²) in [5.41, 5.74) is 16.2. The van der Waals surface area contributed by atoms with Gasteiger partial charge in [0.2, 0.25) is 0 Å². The van der Waals surface area contributed by atoms with Crippen LogP contribution in [0.5, 0.6) is 0 Å². The maximum absolute atomic E-state index is 4.31. The fourth-order valence-corrected chi connectivity index (χ4v) is 6.44. The standard InChI is InChI=1S/C40H39N/c1-10-17-29(11-2)41(36-21-16-19-28(7)38(36)32-20-15-14-18-27(32)6)37-25-35-39(31(13-4)30(37)12-3)33-23-22-26(5)24-34(33)40(35,8)9/h10-25H,1-4H2,5-9H3/b29-17+. The Hall–Kier alpha value is -4.62. The van der Waals surface area contributed by atoms with Crippen LogP contribution in [0.15, 0.2) is 117 Å². The molecule has 0 saturated heterocycles. The van der Waals surface area contributed by atoms with E-state index >= 15 is 0 Å². The summed E-state index contributed by atoms with van der Waals surface area (Å²) >= 11 is 0. The molecule has 0 atom stereocenters. The first-order valence-electron chi connectivity index (χ1n) is 14.2. The van der Waals surface area contributed by atoms with Gasteiger partial charge in [-0.05, 0) is 89.6 Å². The van der Waals surface area contributed by atoms with Crippen molar-refractivity contribution in [2.45, 2.75) is 40.0 Å². The fraction of sp³-hybridized carbons (Fsp3) is 0.150. The zero-order chi connectivity index (χ0) is 29.5. The number of benzene rings is 4. The molecule has 0 aliphatic heterocycles. The van der Waals surface area contributed by atoms with Gasteiger partial charge in [-0.2, -0.15) is 0 Å². The van der Waals surface area contributed by atoms with Crippen molar-refractivity contribution in [3.63, 3.8) is 0 Å². The van der Waals surface area contributed by atoms with Crippen molar-refractivity contribution in [3.05, 3.63) is 156 Å². The molecule has 0 spiro atoms. The minimum absolute atomic E-state index is 0.184. The second-order valence-electron chi connectivity index (χ2n) is 11.4. The number of anilines is 2. The highest BCUT2D eigenvalue weighted by atomic mass is 15.2. The van der Waals surface area contributed by atoms with E-state index in [2.05, 4.69) is 133 Å². The Morgan fingerprint density at radius 2 is 1.39 bits per heavy atom. The Morgan fingerprint density at radius 3 is 2.05 bits per heavy atom. The van der Waals surface area contributed by atoms with E-state index in [1.807, 2.05) is 30.4 Å². The largest absolute Gasteiger partial charge is 0.309 e. The van der Waals surface area contributed by atoms with E-state index in [0.29, 0.717) is 0 Å². The minimum atomic E-state index is -0.184. The number of fused-ring (bicyclic) bond motifs is 3. The molecule has 0 unspecified atom stereocenters. The summed E-state index contributed by atoms with van der Waals surface area (Å²) in [7, 11) is 0. The van der Waals surface area contributed by atoms with Gasteiger partial charge in [0, 0.05) is 22.2 Å². The van der Waals surface area contributed by atoms with Gasteiger partial charge < -0.3 is 4.90 Å². The van der Waals surface area contributed by atoms with E-state index < -0.39 is 0 Å². The zero-order valence-corrected chi connectivity index (χ0v) is 25.0. The van der Waals surface area contributed by atoms with Crippen molar-refractivity contribution < 1.29 is 0 Å². The molecule has 0 amide bonds. The van der Waals surface area contributed by atoms with E-state index in [-0.39, 0.29) is 5.41 Å². The molecule has 0 aromatic heterocycles. The first kappa shape index (κ1) is 27.9. The second kappa shape index (κ2) is 10.7. The van der Waals surface area contributed by atoms with Gasteiger partial charge in [0.05, 0.1) is 11.4 Å². The van der Waals surface area contributed by atoms with Crippen molar-refractivity contribution >= 4 is 23.5 Å². The smallest absolute Gasteiger partial charge is 0.0543 e. The van der Waals surface area contributed by atoms with Gasteiger partial charge in [0.25, 0.3) is 0 Å². The summed E-state index contributed by atoms with van der Waals surface area (Å²) in [6.07, 6.45) is 9.71. The summed E-state index contributed by atoms with van der Waals surface area (Å²) in [4.78, 5) is 2.32. The maximum atomic E-state index is 4.31. The summed E-state index contributed by atoms with van der Waals surface area (Å²) in [5.74, 6) is 0. The number of nitrogens with zero attached hydrogens (tertiary/aromatic N) is 1. The van der Waals surface area contributed by atoms with Crippen LogP contribution in [0.25, 0.3) is 34.4 Å². The summed E-state index contributed by atoms with van der Waals surface area (Å²) in [5, 5.41) is 0. The molecule has 0 fully saturated rings. The van der Waals surface area contributed by atoms with E-state index in [4.69, 9.17) is 0 Å². The molecule has 41 heavy (non-hydrogen) atoms. The first-order valence-corrected chi connectivity index (χ1v) is 14.2. The molecule has 0 bridgehead atoms. The molecule has 4 aromatic carbocycles. The molecule has 1 nitrogen and oxygen atoms in total. The Kier molecular flexibility index (Phi) is 7.32. The van der Waals surface area contributed by atoms with E-state index in [1.54, 1.807) is 0 Å². The van der Waals surface area contributed by atoms with Crippen molar-refractivity contribution in [1.82, 2.24) is 0 Å². The molecule has 0 heterocycles. The number of rotatable bonds is 8. The van der Waals surface area contributed by atoms with Gasteiger partial charge in [-0.1, -0.05) is 119 Å². The zero-order valence-electron chi connectivity index (χ0n) is 25.0. The highest BCUT2D eigenvalue weighted by molar-refractivity contribution is 5.97. The molecule has 1 aliphatic rings. The van der Waals surface area contributed by atoms with Crippen molar-refractivity contribution in [3.8, 4) is 22.3 Å². The third-order valence-corrected chi connectivity index (χ3v) is 8.49. The first-order chi connectivity index (χ1) is 19.7. The lowest BCUT2D eigenvalue weighted by Crippen LogP contribution is -2.21. The lowest BCUT2D eigenvalue weighted by molar-refractivity contribution is 0.659. The van der Waals surface area contributed by atoms with Crippen LogP contribution in [-0.2, 0) is 5.41 Å². The number of hydrogen-bond acceptors (Lipinski definition) is 1. The van der Waals surface area contributed by atoms with Crippen LogP contribution in [0.2, 0.25) is 0 Å². The molecule has 5 rings (SSSR count). The molecule has 1 heteroatoms. The minimum Gasteiger partial charge on any atom is -0.309 e. The summed E-state index contributed by atoms with van der Waals surface area (Å²) in [6, 6.07) is 24.3. The van der Waals surface area contributed by atoms with Gasteiger partial charge in [-0.15, -0.1) is 0 Å². The SMILES string of the molecule is C=C/C=C(\C=C)N(c1cc2c(c(C=C)c1C=C)-c1ccc(C)cc1C2(C)C)c1cccc(C)c1-c1ccccc1C. The van der Waals surface area contributed by atoms with E-state index in [1.165, 1.54) is 50.1 Å². The predicted octanol–water partition coefficient (Wildman–Crippen LogP) is 11.3. The van der Waals surface area contributed by atoms with Crippen molar-refractivity contribution in [1.29, 1.82) is 0 Å². The second-order valence-corrected chi connectivity index (χ2v) is 11.4. The summed E-state index contributed by atoms with van der Waals surface area (Å²) < 4.78 is 0. The van der Waals surface area contributed by atoms with Crippen LogP contribution in [0.1, 0.15) is 52.8 Å². The average Bonchev–Trinajstić information content (AvgIpc) is 3.18. The fourth-order valence-electron chi connectivity index (χ4n) is 6.44. The van der Waals surface area contributed by atoms with Gasteiger partial charge in [0.1, 0.15) is 0 Å². The van der Waals surface area contributed by atoms with Crippen LogP contribution in [-0.4, -0.2) is 0 Å². The molecule has 1 aliphatic carbocycles. The Labute approximate surface area is 246 Å². The van der Waals surface area contributed by atoms with Gasteiger partial charge >= 0.3 is 0 Å². The summed E-state index contributed by atoms with van der Waals surface area (Å²) in [6.45, 7) is 28.1. The maximum Gasteiger partial charge on any atom is 0.0543 e. The quantitative estimate of drug-likeness (QED) is 0.204. The molecule has 0 saturated carbocycles. The Bertz CT molecular complexity index is 1760. The van der Waals surface area contributed by atoms with Gasteiger partial charge in [-0.25, -0.2) is 0 Å². The molecule has 4 aromatic rings. The van der Waals surface area contributed by atoms with Crippen LogP contribution >= 0.6 is 0 Å². The topological polar surface area (TPSA) is 3.24 Å². The van der Waals surface area contributed by atoms with Crippen LogP contribution < -0.4 is 4.90 Å². The molecule has 204 valence electrons. The van der Waals surface area contributed by atoms with Gasteiger partial charge in [-0.3, -0.25) is 0 Å². The highest BCUT2D eigenvalue weighted by Gasteiger charge is 2.38. The van der Waals surface area contributed by atoms with Gasteiger partial charge in [0.15, 0.2) is 0 Å². The third-order valence-electron chi connectivity index (χ3n) is 8.49. The monoisotopic (exact) mass is 533 g/mol. The highest BCUT2D eigenvalue weighted by Crippen LogP contribution is 2.54. The lowest BCUT2D eigenvalue weighted by atomic mass is 9.80. The Morgan fingerprint density at radius 1 is 0.683 bits per heavy atom. The average molecular weight is 534 g/mol. The van der Waals surface area contributed by atoms with Crippen molar-refractivity contribution in [2.75, 3.05) is 4.90 Å². The molecule has 0 N–H and O–H groups in total. The predicted molar refractivity (Wildman–Crippen MR) is 181 cm³/mol. The number of aryl methyl sites for hydroxylation is 3. The molecular weight excluding hydrogens is 494 g/mol. The van der Waals surface area contributed by atoms with Crippen molar-refractivity contribution in [2.24, 2.45) is 0 Å². The lowest BCUT2D eigenvalue weighted by Gasteiger charge is -2.33. The van der Waals surface area contributed by atoms with Crippen LogP contribution in [0, 0.1) is 20.8 Å². The third kappa shape index (κ3) is 4.43. The van der Waals surface area contributed by atoms with E-state index in [0.717, 1.165) is 28.2 Å². The number of allylic oxidation sites excluding steroid dienone is 3. The molecular formula is C40H39N. The van der Waals surface area contributed by atoms with Crippen LogP contribution in [0.4, 0.5) is 11.4 Å². The Balaban J connectivity index is 1.93. The number of hydrogen-bond donors (Lipinski definition) is 0. The molecule has 0 radical (unpaired) electrons. The normalized spacial score (nSPS) is 13.2. The van der Waals surface area contributed by atoms with Crippen LogP contribution in [0.3, 0.4) is 0 Å². The van der Waals surface area contributed by atoms with E-state index in [9.17, 15) is 0 Å².